The number of Topliss-reactive ketones (excluding diaryl/α,β-unsaturated/α-hetero) is 1. The van der Waals surface area contributed by atoms with Crippen LogP contribution in [0.4, 0.5) is 11.5 Å². The molecule has 0 saturated carbocycles. The quantitative estimate of drug-likeness (QED) is 0.613. The molecule has 1 heterocycles. The topological polar surface area (TPSA) is 128 Å². The standard InChI is InChI=1S/C17H28N6O2/c1-4-14(9-20-16-13(3)21-11-22-17(16)19)5-6-15(25)23(8-7-18)10-12(2)24/h9,11,14H,4-8,10,18H2,1-3H3,(H2,19,21,22)/t14-/m0/s1. The molecule has 8 nitrogen and oxygen atoms in total. The number of anilines is 1. The molecule has 0 radical (unpaired) electrons. The highest BCUT2D eigenvalue weighted by Gasteiger charge is 2.16. The molecule has 0 aromatic carbocycles. The van der Waals surface area contributed by atoms with Crippen molar-refractivity contribution in [1.29, 1.82) is 0 Å². The average molecular weight is 348 g/mol. The van der Waals surface area contributed by atoms with Crippen LogP contribution in [0.2, 0.25) is 0 Å². The lowest BCUT2D eigenvalue weighted by molar-refractivity contribution is -0.135. The van der Waals surface area contributed by atoms with Crippen LogP contribution in [0, 0.1) is 12.8 Å². The minimum Gasteiger partial charge on any atom is -0.382 e. The molecule has 4 N–H and O–H groups in total. The molecular weight excluding hydrogens is 320 g/mol. The lowest BCUT2D eigenvalue weighted by atomic mass is 10.0. The molecule has 8 heteroatoms. The number of aliphatic imine (C=N–C) groups is 1. The van der Waals surface area contributed by atoms with E-state index in [-0.39, 0.29) is 24.2 Å². The first-order valence-electron chi connectivity index (χ1n) is 8.47. The summed E-state index contributed by atoms with van der Waals surface area (Å²) in [6.45, 7) is 6.16. The van der Waals surface area contributed by atoms with Crippen LogP contribution in [-0.2, 0) is 9.59 Å². The van der Waals surface area contributed by atoms with E-state index in [0.29, 0.717) is 43.1 Å². The van der Waals surface area contributed by atoms with Crippen molar-refractivity contribution in [2.75, 3.05) is 25.4 Å². The van der Waals surface area contributed by atoms with Crippen LogP contribution in [0.1, 0.15) is 38.8 Å². The minimum atomic E-state index is -0.0637. The van der Waals surface area contributed by atoms with Crippen molar-refractivity contribution in [3.05, 3.63) is 12.0 Å². The van der Waals surface area contributed by atoms with Gasteiger partial charge in [0.15, 0.2) is 5.82 Å². The van der Waals surface area contributed by atoms with Gasteiger partial charge in [0, 0.05) is 25.7 Å². The molecule has 0 fully saturated rings. The largest absolute Gasteiger partial charge is 0.382 e. The molecule has 0 aliphatic rings. The second-order valence-corrected chi connectivity index (χ2v) is 5.98. The van der Waals surface area contributed by atoms with Crippen LogP contribution in [-0.4, -0.2) is 52.4 Å². The Hall–Kier alpha value is -2.35. The highest BCUT2D eigenvalue weighted by atomic mass is 16.2. The number of amides is 1. The first kappa shape index (κ1) is 20.7. The fourth-order valence-corrected chi connectivity index (χ4v) is 2.39. The van der Waals surface area contributed by atoms with Gasteiger partial charge in [-0.3, -0.25) is 14.6 Å². The molecule has 1 aromatic heterocycles. The number of ketones is 1. The molecular formula is C17H28N6O2. The second kappa shape index (κ2) is 10.5. The van der Waals surface area contributed by atoms with Gasteiger partial charge in [-0.2, -0.15) is 0 Å². The van der Waals surface area contributed by atoms with Crippen molar-refractivity contribution in [3.63, 3.8) is 0 Å². The third-order valence-electron chi connectivity index (χ3n) is 3.87. The Bertz CT molecular complexity index is 597. The number of nitrogens with two attached hydrogens (primary N) is 2. The molecule has 0 spiro atoms. The van der Waals surface area contributed by atoms with Crippen LogP contribution >= 0.6 is 0 Å². The molecule has 25 heavy (non-hydrogen) atoms. The molecule has 1 amide bonds. The minimum absolute atomic E-state index is 0.0505. The van der Waals surface area contributed by atoms with Crippen molar-refractivity contribution < 1.29 is 9.59 Å². The summed E-state index contributed by atoms with van der Waals surface area (Å²) in [5.41, 5.74) is 12.6. The molecule has 0 unspecified atom stereocenters. The molecule has 0 saturated heterocycles. The van der Waals surface area contributed by atoms with E-state index in [1.54, 1.807) is 6.21 Å². The van der Waals surface area contributed by atoms with Gasteiger partial charge >= 0.3 is 0 Å². The highest BCUT2D eigenvalue weighted by Crippen LogP contribution is 2.22. The van der Waals surface area contributed by atoms with Crippen LogP contribution < -0.4 is 11.5 Å². The molecule has 0 aliphatic carbocycles. The SMILES string of the molecule is CC[C@H](C=Nc1c(C)ncnc1N)CCC(=O)N(CCN)CC(C)=O. The zero-order chi connectivity index (χ0) is 18.8. The number of nitrogen functional groups attached to an aromatic ring is 1. The van der Waals surface area contributed by atoms with Crippen molar-refractivity contribution in [2.45, 2.75) is 40.0 Å². The van der Waals surface area contributed by atoms with E-state index in [1.165, 1.54) is 18.2 Å². The fourth-order valence-electron chi connectivity index (χ4n) is 2.39. The molecule has 138 valence electrons. The molecule has 1 atom stereocenters. The summed E-state index contributed by atoms with van der Waals surface area (Å²) in [5, 5.41) is 0. The Balaban J connectivity index is 2.67. The first-order chi connectivity index (χ1) is 11.9. The maximum atomic E-state index is 12.3. The van der Waals surface area contributed by atoms with E-state index < -0.39 is 0 Å². The summed E-state index contributed by atoms with van der Waals surface area (Å²) >= 11 is 0. The van der Waals surface area contributed by atoms with Crippen LogP contribution in [0.5, 0.6) is 0 Å². The Morgan fingerprint density at radius 1 is 1.40 bits per heavy atom. The summed E-state index contributed by atoms with van der Waals surface area (Å²) < 4.78 is 0. The van der Waals surface area contributed by atoms with Crippen LogP contribution in [0.3, 0.4) is 0 Å². The number of carbonyl (C=O) groups excluding carboxylic acids is 2. The summed E-state index contributed by atoms with van der Waals surface area (Å²) in [5.74, 6) is 0.349. The third kappa shape index (κ3) is 6.96. The van der Waals surface area contributed by atoms with Gasteiger partial charge in [-0.15, -0.1) is 0 Å². The van der Waals surface area contributed by atoms with Gasteiger partial charge in [0.2, 0.25) is 5.91 Å². The number of nitrogens with zero attached hydrogens (tertiary/aromatic N) is 4. The molecule has 1 rings (SSSR count). The van der Waals surface area contributed by atoms with Gasteiger partial charge in [0.1, 0.15) is 17.8 Å². The Morgan fingerprint density at radius 3 is 2.68 bits per heavy atom. The number of aryl methyl sites for hydroxylation is 1. The zero-order valence-corrected chi connectivity index (χ0v) is 15.2. The van der Waals surface area contributed by atoms with Gasteiger partial charge in [-0.25, -0.2) is 9.97 Å². The summed E-state index contributed by atoms with van der Waals surface area (Å²) in [6.07, 6.45) is 5.03. The van der Waals surface area contributed by atoms with Crippen LogP contribution in [0.25, 0.3) is 0 Å². The van der Waals surface area contributed by atoms with Gasteiger partial charge in [0.05, 0.1) is 12.2 Å². The van der Waals surface area contributed by atoms with Gasteiger partial charge < -0.3 is 16.4 Å². The summed E-state index contributed by atoms with van der Waals surface area (Å²) in [6, 6.07) is 0. The van der Waals surface area contributed by atoms with Crippen molar-refractivity contribution in [1.82, 2.24) is 14.9 Å². The lowest BCUT2D eigenvalue weighted by Crippen LogP contribution is -2.38. The zero-order valence-electron chi connectivity index (χ0n) is 15.2. The van der Waals surface area contributed by atoms with Gasteiger partial charge in [-0.1, -0.05) is 6.92 Å². The maximum Gasteiger partial charge on any atom is 0.223 e. The number of hydrogen-bond acceptors (Lipinski definition) is 7. The smallest absolute Gasteiger partial charge is 0.223 e. The van der Waals surface area contributed by atoms with Gasteiger partial charge in [-0.05, 0) is 32.6 Å². The highest BCUT2D eigenvalue weighted by molar-refractivity contribution is 5.84. The van der Waals surface area contributed by atoms with E-state index >= 15 is 0 Å². The summed E-state index contributed by atoms with van der Waals surface area (Å²) in [4.78, 5) is 37.5. The monoisotopic (exact) mass is 348 g/mol. The molecule has 0 aliphatic heterocycles. The Labute approximate surface area is 148 Å². The van der Waals surface area contributed by atoms with E-state index in [1.807, 2.05) is 13.8 Å². The average Bonchev–Trinajstić information content (AvgIpc) is 2.56. The number of hydrogen-bond donors (Lipinski definition) is 2. The van der Waals surface area contributed by atoms with Gasteiger partial charge in [0.25, 0.3) is 0 Å². The van der Waals surface area contributed by atoms with E-state index in [0.717, 1.165) is 6.42 Å². The molecule has 1 aromatic rings. The Morgan fingerprint density at radius 2 is 2.12 bits per heavy atom. The normalized spacial score (nSPS) is 12.3. The molecule has 0 bridgehead atoms. The van der Waals surface area contributed by atoms with E-state index in [9.17, 15) is 9.59 Å². The predicted octanol–water partition coefficient (Wildman–Crippen LogP) is 1.25. The first-order valence-corrected chi connectivity index (χ1v) is 8.47. The van der Waals surface area contributed by atoms with Crippen molar-refractivity contribution in [2.24, 2.45) is 16.6 Å². The number of rotatable bonds is 10. The van der Waals surface area contributed by atoms with Crippen molar-refractivity contribution in [3.8, 4) is 0 Å². The lowest BCUT2D eigenvalue weighted by Gasteiger charge is -2.21. The number of aromatic nitrogens is 2. The van der Waals surface area contributed by atoms with Crippen molar-refractivity contribution >= 4 is 29.4 Å². The second-order valence-electron chi connectivity index (χ2n) is 5.98. The maximum absolute atomic E-state index is 12.3. The van der Waals surface area contributed by atoms with E-state index in [4.69, 9.17) is 11.5 Å². The predicted molar refractivity (Wildman–Crippen MR) is 98.7 cm³/mol. The fraction of sp³-hybridized carbons (Fsp3) is 0.588. The Kier molecular flexibility index (Phi) is 8.69. The van der Waals surface area contributed by atoms with Crippen LogP contribution in [0.15, 0.2) is 11.3 Å². The summed E-state index contributed by atoms with van der Waals surface area (Å²) in [7, 11) is 0. The van der Waals surface area contributed by atoms with E-state index in [2.05, 4.69) is 15.0 Å². The third-order valence-corrected chi connectivity index (χ3v) is 3.87. The number of carbonyl (C=O) groups is 2.